The molecule has 1 aliphatic heterocycles. The van der Waals surface area contributed by atoms with Gasteiger partial charge < -0.3 is 14.5 Å². The van der Waals surface area contributed by atoms with Gasteiger partial charge in [0.1, 0.15) is 12.4 Å². The van der Waals surface area contributed by atoms with Gasteiger partial charge in [-0.3, -0.25) is 0 Å². The zero-order chi connectivity index (χ0) is 18.5. The molecule has 5 heteroatoms. The molecule has 0 N–H and O–H groups in total. The highest BCUT2D eigenvalue weighted by molar-refractivity contribution is 6.42. The van der Waals surface area contributed by atoms with E-state index in [0.717, 1.165) is 30.1 Å². The van der Waals surface area contributed by atoms with Crippen LogP contribution >= 0.6 is 23.2 Å². The minimum absolute atomic E-state index is 0.564. The van der Waals surface area contributed by atoms with E-state index in [1.165, 1.54) is 5.57 Å². The van der Waals surface area contributed by atoms with E-state index in [-0.39, 0.29) is 0 Å². The summed E-state index contributed by atoms with van der Waals surface area (Å²) in [6, 6.07) is 13.8. The lowest BCUT2D eigenvalue weighted by atomic mass is 10.1. The number of para-hydroxylation sites is 1. The highest BCUT2D eigenvalue weighted by Gasteiger charge is 2.13. The molecule has 3 nitrogen and oxygen atoms in total. The second kappa shape index (κ2) is 8.63. The number of likely N-dealkylation sites (N-methyl/N-ethyl adjacent to an activating group) is 1. The third-order valence-electron chi connectivity index (χ3n) is 4.11. The van der Waals surface area contributed by atoms with E-state index in [4.69, 9.17) is 27.9 Å². The number of nitrogens with zero attached hydrogens (tertiary/aromatic N) is 2. The zero-order valence-electron chi connectivity index (χ0n) is 15.0. The quantitative estimate of drug-likeness (QED) is 0.662. The molecule has 1 heterocycles. The molecule has 0 aromatic heterocycles. The molecule has 0 spiro atoms. The molecule has 0 bridgehead atoms. The fraction of sp³-hybridized carbons (Fsp3) is 0.238. The second-order valence-electron chi connectivity index (χ2n) is 6.45. The molecule has 2 aromatic carbocycles. The van der Waals surface area contributed by atoms with Crippen LogP contribution in [0.3, 0.4) is 0 Å². The van der Waals surface area contributed by atoms with Gasteiger partial charge in [-0.15, -0.1) is 0 Å². The van der Waals surface area contributed by atoms with E-state index in [0.29, 0.717) is 16.7 Å². The van der Waals surface area contributed by atoms with Gasteiger partial charge in [-0.05, 0) is 56.1 Å². The Kier molecular flexibility index (Phi) is 6.25. The topological polar surface area (TPSA) is 15.7 Å². The van der Waals surface area contributed by atoms with Crippen molar-refractivity contribution in [3.63, 3.8) is 0 Å². The van der Waals surface area contributed by atoms with E-state index in [1.54, 1.807) is 0 Å². The molecular formula is C21H22Cl2N2O. The summed E-state index contributed by atoms with van der Waals surface area (Å²) in [5.41, 5.74) is 3.32. The molecular weight excluding hydrogens is 367 g/mol. The van der Waals surface area contributed by atoms with Gasteiger partial charge in [-0.1, -0.05) is 41.4 Å². The molecule has 136 valence electrons. The maximum absolute atomic E-state index is 6.13. The second-order valence-corrected chi connectivity index (χ2v) is 7.27. The number of rotatable bonds is 6. The lowest BCUT2D eigenvalue weighted by molar-refractivity contribution is 0.261. The van der Waals surface area contributed by atoms with Crippen molar-refractivity contribution in [3.8, 4) is 5.75 Å². The Morgan fingerprint density at radius 1 is 1.12 bits per heavy atom. The Labute approximate surface area is 165 Å². The summed E-state index contributed by atoms with van der Waals surface area (Å²) >= 11 is 12.1. The van der Waals surface area contributed by atoms with Crippen LogP contribution in [0.5, 0.6) is 5.75 Å². The van der Waals surface area contributed by atoms with Gasteiger partial charge in [-0.25, -0.2) is 0 Å². The summed E-state index contributed by atoms with van der Waals surface area (Å²) in [6.45, 7) is 2.33. The molecule has 0 amide bonds. The van der Waals surface area contributed by atoms with Crippen LogP contribution in [0.15, 0.2) is 60.3 Å². The zero-order valence-corrected chi connectivity index (χ0v) is 16.5. The Morgan fingerprint density at radius 2 is 1.92 bits per heavy atom. The summed E-state index contributed by atoms with van der Waals surface area (Å²) in [4.78, 5) is 4.25. The van der Waals surface area contributed by atoms with Crippen molar-refractivity contribution in [2.24, 2.45) is 0 Å². The Balaban J connectivity index is 1.72. The average molecular weight is 389 g/mol. The van der Waals surface area contributed by atoms with Gasteiger partial charge in [0.15, 0.2) is 0 Å². The average Bonchev–Trinajstić information content (AvgIpc) is 3.07. The lowest BCUT2D eigenvalue weighted by Gasteiger charge is -2.16. The summed E-state index contributed by atoms with van der Waals surface area (Å²) in [6.07, 6.45) is 6.33. The van der Waals surface area contributed by atoms with Crippen LogP contribution in [-0.2, 0) is 0 Å². The molecule has 0 saturated carbocycles. The number of hydrogen-bond acceptors (Lipinski definition) is 3. The minimum atomic E-state index is 0.564. The SMILES string of the molecule is CN(C)CCOc1ccccc1C=C1C=CN(c2ccc(Cl)c(Cl)c2)C1. The van der Waals surface area contributed by atoms with E-state index in [1.807, 2.05) is 50.5 Å². The first-order valence-electron chi connectivity index (χ1n) is 8.50. The number of ether oxygens (including phenoxy) is 1. The molecule has 26 heavy (non-hydrogen) atoms. The highest BCUT2D eigenvalue weighted by atomic mass is 35.5. The third-order valence-corrected chi connectivity index (χ3v) is 4.85. The van der Waals surface area contributed by atoms with Gasteiger partial charge in [0.2, 0.25) is 0 Å². The van der Waals surface area contributed by atoms with Crippen LogP contribution < -0.4 is 9.64 Å². The first-order chi connectivity index (χ1) is 12.5. The largest absolute Gasteiger partial charge is 0.492 e. The first kappa shape index (κ1) is 18.8. The van der Waals surface area contributed by atoms with Gasteiger partial charge in [0.25, 0.3) is 0 Å². The Hall–Kier alpha value is -1.94. The lowest BCUT2D eigenvalue weighted by Crippen LogP contribution is -2.19. The molecule has 0 radical (unpaired) electrons. The van der Waals surface area contributed by atoms with Crippen LogP contribution in [0.4, 0.5) is 5.69 Å². The van der Waals surface area contributed by atoms with Gasteiger partial charge in [-0.2, -0.15) is 0 Å². The molecule has 1 aliphatic rings. The van der Waals surface area contributed by atoms with Crippen molar-refractivity contribution >= 4 is 35.0 Å². The van der Waals surface area contributed by atoms with Gasteiger partial charge in [0, 0.05) is 30.5 Å². The molecule has 3 rings (SSSR count). The summed E-state index contributed by atoms with van der Waals surface area (Å²) in [5.74, 6) is 0.906. The van der Waals surface area contributed by atoms with E-state index >= 15 is 0 Å². The van der Waals surface area contributed by atoms with Crippen molar-refractivity contribution in [3.05, 3.63) is 75.9 Å². The van der Waals surface area contributed by atoms with Gasteiger partial charge >= 0.3 is 0 Å². The Bertz CT molecular complexity index is 831. The smallest absolute Gasteiger partial charge is 0.126 e. The van der Waals surface area contributed by atoms with Crippen LogP contribution in [0, 0.1) is 0 Å². The predicted octanol–water partition coefficient (Wildman–Crippen LogP) is 5.35. The van der Waals surface area contributed by atoms with Gasteiger partial charge in [0.05, 0.1) is 10.0 Å². The molecule has 2 aromatic rings. The van der Waals surface area contributed by atoms with E-state index in [9.17, 15) is 0 Å². The first-order valence-corrected chi connectivity index (χ1v) is 9.25. The number of hydrogen-bond donors (Lipinski definition) is 0. The number of anilines is 1. The molecule has 0 saturated heterocycles. The molecule has 0 unspecified atom stereocenters. The Morgan fingerprint density at radius 3 is 2.69 bits per heavy atom. The third kappa shape index (κ3) is 4.82. The number of halogens is 2. The highest BCUT2D eigenvalue weighted by Crippen LogP contribution is 2.30. The minimum Gasteiger partial charge on any atom is -0.492 e. The summed E-state index contributed by atoms with van der Waals surface area (Å²) in [5, 5.41) is 1.13. The van der Waals surface area contributed by atoms with Crippen LogP contribution in [0.2, 0.25) is 10.0 Å². The maximum atomic E-state index is 6.13. The van der Waals surface area contributed by atoms with Crippen molar-refractivity contribution in [2.75, 3.05) is 38.7 Å². The molecule has 0 aliphatic carbocycles. The van der Waals surface area contributed by atoms with Crippen molar-refractivity contribution in [1.82, 2.24) is 4.90 Å². The standard InChI is InChI=1S/C21H22Cl2N2O/c1-24(2)11-12-26-21-6-4-3-5-17(21)13-16-9-10-25(15-16)18-7-8-19(22)20(23)14-18/h3-10,13-14H,11-12,15H2,1-2H3. The van der Waals surface area contributed by atoms with E-state index < -0.39 is 0 Å². The molecule has 0 fully saturated rings. The maximum Gasteiger partial charge on any atom is 0.126 e. The van der Waals surface area contributed by atoms with Crippen LogP contribution in [-0.4, -0.2) is 38.7 Å². The normalized spacial score (nSPS) is 15.3. The van der Waals surface area contributed by atoms with Crippen LogP contribution in [0.1, 0.15) is 5.56 Å². The van der Waals surface area contributed by atoms with Crippen molar-refractivity contribution < 1.29 is 4.74 Å². The number of benzene rings is 2. The van der Waals surface area contributed by atoms with E-state index in [2.05, 4.69) is 34.2 Å². The summed E-state index contributed by atoms with van der Waals surface area (Å²) < 4.78 is 5.94. The fourth-order valence-corrected chi connectivity index (χ4v) is 2.98. The van der Waals surface area contributed by atoms with Crippen LogP contribution in [0.25, 0.3) is 6.08 Å². The predicted molar refractivity (Wildman–Crippen MR) is 111 cm³/mol. The monoisotopic (exact) mass is 388 g/mol. The van der Waals surface area contributed by atoms with Crippen molar-refractivity contribution in [1.29, 1.82) is 0 Å². The van der Waals surface area contributed by atoms with Crippen molar-refractivity contribution in [2.45, 2.75) is 0 Å². The molecule has 0 atom stereocenters. The summed E-state index contributed by atoms with van der Waals surface area (Å²) in [7, 11) is 4.08. The fourth-order valence-electron chi connectivity index (χ4n) is 2.69.